The number of benzene rings is 1. The summed E-state index contributed by atoms with van der Waals surface area (Å²) in [5.41, 5.74) is 0.742. The van der Waals surface area contributed by atoms with Gasteiger partial charge in [0.1, 0.15) is 5.78 Å². The molecule has 9 heteroatoms. The van der Waals surface area contributed by atoms with E-state index in [1.54, 1.807) is 12.1 Å². The lowest BCUT2D eigenvalue weighted by molar-refractivity contribution is -0.119. The number of anilines is 1. The van der Waals surface area contributed by atoms with Gasteiger partial charge in [0.2, 0.25) is 5.91 Å². The molecular formula is C19H20ClN3O4S. The van der Waals surface area contributed by atoms with Gasteiger partial charge in [-0.3, -0.25) is 14.6 Å². The van der Waals surface area contributed by atoms with E-state index in [4.69, 9.17) is 11.6 Å². The molecule has 1 saturated carbocycles. The van der Waals surface area contributed by atoms with Crippen molar-refractivity contribution in [1.29, 1.82) is 0 Å². The summed E-state index contributed by atoms with van der Waals surface area (Å²) in [6.07, 6.45) is 7.23. The summed E-state index contributed by atoms with van der Waals surface area (Å²) in [5.74, 6) is 0.00467. The molecule has 0 bridgehead atoms. The highest BCUT2D eigenvalue weighted by molar-refractivity contribution is 7.90. The van der Waals surface area contributed by atoms with Crippen LogP contribution in [0.1, 0.15) is 37.2 Å². The van der Waals surface area contributed by atoms with E-state index >= 15 is 0 Å². The van der Waals surface area contributed by atoms with Crippen LogP contribution >= 0.6 is 11.6 Å². The molecule has 1 fully saturated rings. The zero-order valence-electron chi connectivity index (χ0n) is 15.3. The van der Waals surface area contributed by atoms with Gasteiger partial charge in [0.15, 0.2) is 15.7 Å². The van der Waals surface area contributed by atoms with E-state index in [0.717, 1.165) is 11.8 Å². The van der Waals surface area contributed by atoms with Gasteiger partial charge in [0.25, 0.3) is 0 Å². The van der Waals surface area contributed by atoms with Gasteiger partial charge in [0.05, 0.1) is 16.1 Å². The molecule has 0 spiro atoms. The van der Waals surface area contributed by atoms with Crippen molar-refractivity contribution < 1.29 is 18.0 Å². The SMILES string of the molecule is CS(=O)(=O)c1ccc(C(CC(=O)Nc2cnccn2)C2CCC(=O)C2)cc1Cl. The third-order valence-corrected chi connectivity index (χ3v) is 6.45. The first-order valence-corrected chi connectivity index (χ1v) is 11.1. The Balaban J connectivity index is 1.86. The Morgan fingerprint density at radius 3 is 2.71 bits per heavy atom. The molecule has 2 aromatic rings. The fourth-order valence-electron chi connectivity index (χ4n) is 3.55. The largest absolute Gasteiger partial charge is 0.309 e. The third kappa shape index (κ3) is 4.94. The lowest BCUT2D eigenvalue weighted by Crippen LogP contribution is -2.21. The second-order valence-electron chi connectivity index (χ2n) is 6.95. The topological polar surface area (TPSA) is 106 Å². The maximum absolute atomic E-state index is 12.6. The summed E-state index contributed by atoms with van der Waals surface area (Å²) in [7, 11) is -3.45. The summed E-state index contributed by atoms with van der Waals surface area (Å²) in [5, 5.41) is 2.82. The molecule has 1 heterocycles. The van der Waals surface area contributed by atoms with E-state index in [9.17, 15) is 18.0 Å². The normalized spacial score (nSPS) is 18.1. The fraction of sp³-hybridized carbons (Fsp3) is 0.368. The van der Waals surface area contributed by atoms with E-state index in [1.807, 2.05) is 0 Å². The van der Waals surface area contributed by atoms with Crippen molar-refractivity contribution in [2.24, 2.45) is 5.92 Å². The predicted molar refractivity (Wildman–Crippen MR) is 105 cm³/mol. The maximum Gasteiger partial charge on any atom is 0.226 e. The molecule has 7 nitrogen and oxygen atoms in total. The van der Waals surface area contributed by atoms with Gasteiger partial charge in [-0.05, 0) is 36.0 Å². The molecular weight excluding hydrogens is 402 g/mol. The van der Waals surface area contributed by atoms with Crippen molar-refractivity contribution >= 4 is 38.9 Å². The van der Waals surface area contributed by atoms with Gasteiger partial charge >= 0.3 is 0 Å². The molecule has 1 N–H and O–H groups in total. The quantitative estimate of drug-likeness (QED) is 0.768. The molecule has 1 aliphatic rings. The summed E-state index contributed by atoms with van der Waals surface area (Å²) in [6, 6.07) is 4.71. The van der Waals surface area contributed by atoms with Crippen LogP contribution in [-0.4, -0.2) is 36.3 Å². The Hall–Kier alpha value is -2.32. The summed E-state index contributed by atoms with van der Waals surface area (Å²) in [6.45, 7) is 0. The minimum atomic E-state index is -3.45. The Labute approximate surface area is 168 Å². The first-order valence-electron chi connectivity index (χ1n) is 8.81. The van der Waals surface area contributed by atoms with Crippen LogP contribution in [0.25, 0.3) is 0 Å². The Morgan fingerprint density at radius 1 is 1.36 bits per heavy atom. The number of nitrogens with one attached hydrogen (secondary N) is 1. The van der Waals surface area contributed by atoms with Crippen LogP contribution in [-0.2, 0) is 19.4 Å². The highest BCUT2D eigenvalue weighted by atomic mass is 35.5. The van der Waals surface area contributed by atoms with Gasteiger partial charge < -0.3 is 5.32 Å². The number of ketones is 1. The molecule has 148 valence electrons. The standard InChI is InChI=1S/C19H20ClN3O4S/c1-28(26,27)17-5-3-13(9-16(17)20)15(12-2-4-14(24)8-12)10-19(25)23-18-11-21-6-7-22-18/h3,5-7,9,11-12,15H,2,4,8,10H2,1H3,(H,22,23,25). The fourth-order valence-corrected chi connectivity index (χ4v) is 4.89. The Bertz CT molecular complexity index is 995. The Morgan fingerprint density at radius 2 is 2.14 bits per heavy atom. The number of halogens is 1. The minimum absolute atomic E-state index is 0.000239. The molecule has 2 unspecified atom stereocenters. The van der Waals surface area contributed by atoms with Crippen molar-refractivity contribution in [2.75, 3.05) is 11.6 Å². The van der Waals surface area contributed by atoms with Crippen LogP contribution in [0.15, 0.2) is 41.7 Å². The van der Waals surface area contributed by atoms with Crippen molar-refractivity contribution in [3.8, 4) is 0 Å². The first-order chi connectivity index (χ1) is 13.2. The zero-order valence-corrected chi connectivity index (χ0v) is 16.8. The monoisotopic (exact) mass is 421 g/mol. The van der Waals surface area contributed by atoms with Crippen molar-refractivity contribution in [3.63, 3.8) is 0 Å². The smallest absolute Gasteiger partial charge is 0.226 e. The molecule has 0 saturated heterocycles. The van der Waals surface area contributed by atoms with Crippen molar-refractivity contribution in [2.45, 2.75) is 36.5 Å². The number of carbonyl (C=O) groups is 2. The number of aromatic nitrogens is 2. The average Bonchev–Trinajstić information content (AvgIpc) is 3.05. The molecule has 3 rings (SSSR count). The predicted octanol–water partition coefficient (Wildman–Crippen LogP) is 3.02. The second kappa shape index (κ2) is 8.36. The van der Waals surface area contributed by atoms with E-state index in [-0.39, 0.29) is 39.9 Å². The van der Waals surface area contributed by atoms with Crippen molar-refractivity contribution in [3.05, 3.63) is 47.4 Å². The average molecular weight is 422 g/mol. The molecule has 1 aromatic carbocycles. The molecule has 1 aliphatic carbocycles. The van der Waals surface area contributed by atoms with Crippen molar-refractivity contribution in [1.82, 2.24) is 9.97 Å². The Kier molecular flexibility index (Phi) is 6.10. The second-order valence-corrected chi connectivity index (χ2v) is 9.34. The number of Topliss-reactive ketones (excluding diaryl/α,β-unsaturated/α-hetero) is 1. The van der Waals surface area contributed by atoms with Gasteiger partial charge in [-0.15, -0.1) is 0 Å². The van der Waals surface area contributed by atoms with Gasteiger partial charge in [0, 0.05) is 37.9 Å². The van der Waals surface area contributed by atoms with Crippen LogP contribution in [0.5, 0.6) is 0 Å². The summed E-state index contributed by atoms with van der Waals surface area (Å²) < 4.78 is 23.6. The molecule has 1 amide bonds. The van der Waals surface area contributed by atoms with Crippen LogP contribution < -0.4 is 5.32 Å². The number of rotatable bonds is 6. The molecule has 0 aliphatic heterocycles. The lowest BCUT2D eigenvalue weighted by atomic mass is 9.82. The number of hydrogen-bond acceptors (Lipinski definition) is 6. The minimum Gasteiger partial charge on any atom is -0.309 e. The summed E-state index contributed by atoms with van der Waals surface area (Å²) >= 11 is 6.19. The number of amides is 1. The van der Waals surface area contributed by atoms with Gasteiger partial charge in [-0.1, -0.05) is 17.7 Å². The summed E-state index contributed by atoms with van der Waals surface area (Å²) in [4.78, 5) is 32.3. The molecule has 2 atom stereocenters. The lowest BCUT2D eigenvalue weighted by Gasteiger charge is -2.23. The van der Waals surface area contributed by atoms with Crippen LogP contribution in [0.3, 0.4) is 0 Å². The molecule has 0 radical (unpaired) electrons. The van der Waals surface area contributed by atoms with E-state index in [1.165, 1.54) is 24.7 Å². The number of carbonyl (C=O) groups excluding carboxylic acids is 2. The molecule has 28 heavy (non-hydrogen) atoms. The number of nitrogens with zero attached hydrogens (tertiary/aromatic N) is 2. The highest BCUT2D eigenvalue weighted by Crippen LogP contribution is 2.39. The van der Waals surface area contributed by atoms with Crippen LogP contribution in [0.4, 0.5) is 5.82 Å². The molecule has 1 aromatic heterocycles. The zero-order chi connectivity index (χ0) is 20.3. The third-order valence-electron chi connectivity index (χ3n) is 4.87. The van der Waals surface area contributed by atoms with E-state index in [2.05, 4.69) is 15.3 Å². The van der Waals surface area contributed by atoms with Crippen LogP contribution in [0, 0.1) is 5.92 Å². The van der Waals surface area contributed by atoms with Gasteiger partial charge in [-0.25, -0.2) is 13.4 Å². The van der Waals surface area contributed by atoms with Crippen LogP contribution in [0.2, 0.25) is 5.02 Å². The maximum atomic E-state index is 12.6. The van der Waals surface area contributed by atoms with E-state index < -0.39 is 9.84 Å². The van der Waals surface area contributed by atoms with E-state index in [0.29, 0.717) is 25.1 Å². The van der Waals surface area contributed by atoms with Gasteiger partial charge in [-0.2, -0.15) is 0 Å². The number of hydrogen-bond donors (Lipinski definition) is 1. The highest BCUT2D eigenvalue weighted by Gasteiger charge is 2.32. The number of sulfone groups is 1. The first kappa shape index (κ1) is 20.4.